The Hall–Kier alpha value is -1.10. The first-order chi connectivity index (χ1) is 9.06. The summed E-state index contributed by atoms with van der Waals surface area (Å²) in [4.78, 5) is 25.4. The number of hydrogen-bond donors (Lipinski definition) is 2. The largest absolute Gasteiger partial charge is 0.345 e. The van der Waals surface area contributed by atoms with Crippen LogP contribution in [-0.2, 0) is 9.59 Å². The first-order valence-corrected chi connectivity index (χ1v) is 7.35. The second-order valence-corrected chi connectivity index (χ2v) is 4.75. The summed E-state index contributed by atoms with van der Waals surface area (Å²) in [5.41, 5.74) is 5.40. The zero-order valence-corrected chi connectivity index (χ0v) is 12.6. The summed E-state index contributed by atoms with van der Waals surface area (Å²) in [6, 6.07) is -0.434. The van der Waals surface area contributed by atoms with E-state index >= 15 is 0 Å². The van der Waals surface area contributed by atoms with Gasteiger partial charge >= 0.3 is 0 Å². The van der Waals surface area contributed by atoms with Crippen LogP contribution in [0.2, 0.25) is 0 Å². The SMILES string of the molecule is CCN(CC)C(=O)C(C)NC(=O)CCCCCCN. The molecule has 0 aromatic heterocycles. The van der Waals surface area contributed by atoms with Crippen molar-refractivity contribution in [1.29, 1.82) is 0 Å². The van der Waals surface area contributed by atoms with E-state index in [1.807, 2.05) is 13.8 Å². The first kappa shape index (κ1) is 17.9. The number of carbonyl (C=O) groups is 2. The van der Waals surface area contributed by atoms with Gasteiger partial charge in [-0.2, -0.15) is 0 Å². The molecule has 0 rings (SSSR count). The van der Waals surface area contributed by atoms with Crippen LogP contribution in [0.5, 0.6) is 0 Å². The Balaban J connectivity index is 3.88. The number of hydrogen-bond acceptors (Lipinski definition) is 3. The minimum Gasteiger partial charge on any atom is -0.345 e. The molecular formula is C14H29N3O2. The highest BCUT2D eigenvalue weighted by Gasteiger charge is 2.19. The summed E-state index contributed by atoms with van der Waals surface area (Å²) in [5.74, 6) is -0.0535. The molecule has 3 N–H and O–H groups in total. The number of amides is 2. The lowest BCUT2D eigenvalue weighted by molar-refractivity contribution is -0.135. The number of nitrogens with zero attached hydrogens (tertiary/aromatic N) is 1. The fourth-order valence-electron chi connectivity index (χ4n) is 1.97. The third kappa shape index (κ3) is 7.82. The van der Waals surface area contributed by atoms with Gasteiger partial charge in [0.25, 0.3) is 0 Å². The van der Waals surface area contributed by atoms with Crippen LogP contribution in [-0.4, -0.2) is 42.4 Å². The topological polar surface area (TPSA) is 75.4 Å². The van der Waals surface area contributed by atoms with Gasteiger partial charge in [-0.3, -0.25) is 9.59 Å². The Kier molecular flexibility index (Phi) is 10.2. The fourth-order valence-corrected chi connectivity index (χ4v) is 1.97. The minimum absolute atomic E-state index is 0.0125. The van der Waals surface area contributed by atoms with Crippen LogP contribution >= 0.6 is 0 Å². The monoisotopic (exact) mass is 271 g/mol. The normalized spacial score (nSPS) is 12.0. The van der Waals surface area contributed by atoms with Gasteiger partial charge in [0.15, 0.2) is 0 Å². The molecule has 19 heavy (non-hydrogen) atoms. The van der Waals surface area contributed by atoms with E-state index in [9.17, 15) is 9.59 Å². The number of carbonyl (C=O) groups excluding carboxylic acids is 2. The summed E-state index contributed by atoms with van der Waals surface area (Å²) in [7, 11) is 0. The Morgan fingerprint density at radius 3 is 2.21 bits per heavy atom. The molecule has 5 nitrogen and oxygen atoms in total. The van der Waals surface area contributed by atoms with Crippen molar-refractivity contribution in [1.82, 2.24) is 10.2 Å². The van der Waals surface area contributed by atoms with Crippen molar-refractivity contribution in [3.05, 3.63) is 0 Å². The molecule has 1 unspecified atom stereocenters. The summed E-state index contributed by atoms with van der Waals surface area (Å²) in [6.45, 7) is 7.68. The van der Waals surface area contributed by atoms with Crippen LogP contribution in [0, 0.1) is 0 Å². The maximum atomic E-state index is 12.0. The Morgan fingerprint density at radius 1 is 1.11 bits per heavy atom. The number of nitrogens with one attached hydrogen (secondary N) is 1. The molecule has 0 aliphatic carbocycles. The predicted octanol–water partition coefficient (Wildman–Crippen LogP) is 1.27. The lowest BCUT2D eigenvalue weighted by Crippen LogP contribution is -2.46. The average molecular weight is 271 g/mol. The Morgan fingerprint density at radius 2 is 1.68 bits per heavy atom. The molecule has 0 bridgehead atoms. The molecule has 0 aliphatic rings. The van der Waals surface area contributed by atoms with Crippen LogP contribution < -0.4 is 11.1 Å². The molecule has 0 fully saturated rings. The van der Waals surface area contributed by atoms with Gasteiger partial charge in [0, 0.05) is 19.5 Å². The second kappa shape index (κ2) is 10.8. The highest BCUT2D eigenvalue weighted by Crippen LogP contribution is 2.03. The lowest BCUT2D eigenvalue weighted by atomic mass is 10.1. The van der Waals surface area contributed by atoms with Gasteiger partial charge in [-0.05, 0) is 40.2 Å². The van der Waals surface area contributed by atoms with E-state index in [0.29, 0.717) is 26.1 Å². The molecule has 0 aromatic carbocycles. The van der Waals surface area contributed by atoms with Crippen LogP contribution in [0.4, 0.5) is 0 Å². The number of unbranched alkanes of at least 4 members (excludes halogenated alkanes) is 3. The molecule has 1 atom stereocenters. The third-order valence-electron chi connectivity index (χ3n) is 3.18. The number of nitrogens with two attached hydrogens (primary N) is 1. The molecule has 0 radical (unpaired) electrons. The van der Waals surface area contributed by atoms with Gasteiger partial charge in [0.05, 0.1) is 0 Å². The molecule has 5 heteroatoms. The maximum Gasteiger partial charge on any atom is 0.244 e. The molecular weight excluding hydrogens is 242 g/mol. The van der Waals surface area contributed by atoms with Crippen molar-refractivity contribution in [2.24, 2.45) is 5.73 Å². The summed E-state index contributed by atoms with van der Waals surface area (Å²) in [6.07, 6.45) is 4.44. The Labute approximate surface area is 116 Å². The van der Waals surface area contributed by atoms with Crippen LogP contribution in [0.1, 0.15) is 52.9 Å². The van der Waals surface area contributed by atoms with Crippen LogP contribution in [0.15, 0.2) is 0 Å². The van der Waals surface area contributed by atoms with Gasteiger partial charge in [-0.1, -0.05) is 12.8 Å². The zero-order chi connectivity index (χ0) is 14.7. The van der Waals surface area contributed by atoms with E-state index in [1.54, 1.807) is 11.8 Å². The summed E-state index contributed by atoms with van der Waals surface area (Å²) >= 11 is 0. The number of likely N-dealkylation sites (N-methyl/N-ethyl adjacent to an activating group) is 1. The van der Waals surface area contributed by atoms with Gasteiger partial charge < -0.3 is 16.0 Å². The second-order valence-electron chi connectivity index (χ2n) is 4.75. The van der Waals surface area contributed by atoms with Crippen molar-refractivity contribution in [3.63, 3.8) is 0 Å². The maximum absolute atomic E-state index is 12.0. The standard InChI is InChI=1S/C14H29N3O2/c1-4-17(5-2)14(19)12(3)16-13(18)10-8-6-7-9-11-15/h12H,4-11,15H2,1-3H3,(H,16,18). The van der Waals surface area contributed by atoms with E-state index < -0.39 is 6.04 Å². The van der Waals surface area contributed by atoms with Gasteiger partial charge in [0.2, 0.25) is 11.8 Å². The van der Waals surface area contributed by atoms with Crippen molar-refractivity contribution in [2.75, 3.05) is 19.6 Å². The molecule has 112 valence electrons. The molecule has 0 saturated heterocycles. The lowest BCUT2D eigenvalue weighted by Gasteiger charge is -2.23. The molecule has 0 saturated carbocycles. The van der Waals surface area contributed by atoms with E-state index in [0.717, 1.165) is 25.7 Å². The average Bonchev–Trinajstić information content (AvgIpc) is 2.39. The van der Waals surface area contributed by atoms with Crippen LogP contribution in [0.3, 0.4) is 0 Å². The zero-order valence-electron chi connectivity index (χ0n) is 12.6. The van der Waals surface area contributed by atoms with Crippen LogP contribution in [0.25, 0.3) is 0 Å². The fraction of sp³-hybridized carbons (Fsp3) is 0.857. The smallest absolute Gasteiger partial charge is 0.244 e. The summed E-state index contributed by atoms with van der Waals surface area (Å²) in [5, 5.41) is 2.76. The van der Waals surface area contributed by atoms with Gasteiger partial charge in [0.1, 0.15) is 6.04 Å². The highest BCUT2D eigenvalue weighted by atomic mass is 16.2. The van der Waals surface area contributed by atoms with Crippen molar-refractivity contribution < 1.29 is 9.59 Å². The van der Waals surface area contributed by atoms with Crippen molar-refractivity contribution in [3.8, 4) is 0 Å². The molecule has 0 aromatic rings. The molecule has 0 spiro atoms. The van der Waals surface area contributed by atoms with E-state index in [4.69, 9.17) is 5.73 Å². The van der Waals surface area contributed by atoms with Crippen molar-refractivity contribution >= 4 is 11.8 Å². The summed E-state index contributed by atoms with van der Waals surface area (Å²) < 4.78 is 0. The van der Waals surface area contributed by atoms with E-state index in [-0.39, 0.29) is 11.8 Å². The van der Waals surface area contributed by atoms with Crippen molar-refractivity contribution in [2.45, 2.75) is 58.9 Å². The third-order valence-corrected chi connectivity index (χ3v) is 3.18. The highest BCUT2D eigenvalue weighted by molar-refractivity contribution is 5.87. The molecule has 0 heterocycles. The van der Waals surface area contributed by atoms with E-state index in [1.165, 1.54) is 0 Å². The van der Waals surface area contributed by atoms with Gasteiger partial charge in [-0.25, -0.2) is 0 Å². The van der Waals surface area contributed by atoms with Gasteiger partial charge in [-0.15, -0.1) is 0 Å². The predicted molar refractivity (Wildman–Crippen MR) is 77.7 cm³/mol. The Bertz CT molecular complexity index is 265. The number of rotatable bonds is 10. The quantitative estimate of drug-likeness (QED) is 0.588. The van der Waals surface area contributed by atoms with E-state index in [2.05, 4.69) is 5.32 Å². The minimum atomic E-state index is -0.434. The molecule has 0 aliphatic heterocycles. The molecule has 2 amide bonds. The first-order valence-electron chi connectivity index (χ1n) is 7.35.